The number of nitrogens with zero attached hydrogens (tertiary/aromatic N) is 2. The standard InChI is InChI=1S/C23H24N2O3/c1-17-21-22(24-28-17)23(2,19-13-7-4-8-14-19)27-16-20(26)25(21)15-9-12-18-10-5-3-6-11-18/h3-8,10-11,13-14H,9,12,15-16H2,1-2H3. The van der Waals surface area contributed by atoms with Gasteiger partial charge in [0.2, 0.25) is 0 Å². The summed E-state index contributed by atoms with van der Waals surface area (Å²) in [5, 5.41) is 4.30. The zero-order valence-corrected chi connectivity index (χ0v) is 16.2. The van der Waals surface area contributed by atoms with Gasteiger partial charge in [-0.25, -0.2) is 0 Å². The number of hydrogen-bond acceptors (Lipinski definition) is 4. The molecule has 28 heavy (non-hydrogen) atoms. The fraction of sp³-hybridized carbons (Fsp3) is 0.304. The van der Waals surface area contributed by atoms with Crippen molar-refractivity contribution in [3.8, 4) is 0 Å². The van der Waals surface area contributed by atoms with E-state index in [0.717, 1.165) is 24.1 Å². The van der Waals surface area contributed by atoms with E-state index in [0.29, 0.717) is 18.0 Å². The predicted molar refractivity (Wildman–Crippen MR) is 107 cm³/mol. The smallest absolute Gasteiger partial charge is 0.253 e. The van der Waals surface area contributed by atoms with Gasteiger partial charge in [0.05, 0.1) is 0 Å². The summed E-state index contributed by atoms with van der Waals surface area (Å²) < 4.78 is 11.6. The van der Waals surface area contributed by atoms with Crippen molar-refractivity contribution in [1.29, 1.82) is 0 Å². The van der Waals surface area contributed by atoms with Crippen LogP contribution in [0.3, 0.4) is 0 Å². The Labute approximate surface area is 164 Å². The first kappa shape index (κ1) is 18.4. The second kappa shape index (κ2) is 7.60. The number of rotatable bonds is 5. The van der Waals surface area contributed by atoms with Crippen LogP contribution in [0.5, 0.6) is 0 Å². The number of anilines is 1. The Bertz CT molecular complexity index is 952. The van der Waals surface area contributed by atoms with Gasteiger partial charge in [0.1, 0.15) is 23.6 Å². The van der Waals surface area contributed by atoms with E-state index in [2.05, 4.69) is 17.3 Å². The lowest BCUT2D eigenvalue weighted by atomic mass is 9.91. The van der Waals surface area contributed by atoms with Gasteiger partial charge in [-0.1, -0.05) is 65.8 Å². The summed E-state index contributed by atoms with van der Waals surface area (Å²) in [5.74, 6) is 0.566. The lowest BCUT2D eigenvalue weighted by Gasteiger charge is -2.27. The molecule has 4 rings (SSSR count). The van der Waals surface area contributed by atoms with Crippen LogP contribution in [0.4, 0.5) is 5.69 Å². The normalized spacial score (nSPS) is 19.4. The molecular formula is C23H24N2O3. The van der Waals surface area contributed by atoms with E-state index in [1.54, 1.807) is 4.90 Å². The number of aryl methyl sites for hydroxylation is 2. The predicted octanol–water partition coefficient (Wildman–Crippen LogP) is 4.24. The summed E-state index contributed by atoms with van der Waals surface area (Å²) in [6.07, 6.45) is 1.75. The van der Waals surface area contributed by atoms with Crippen molar-refractivity contribution < 1.29 is 14.1 Å². The fourth-order valence-electron chi connectivity index (χ4n) is 3.77. The van der Waals surface area contributed by atoms with Crippen molar-refractivity contribution in [2.45, 2.75) is 32.3 Å². The maximum atomic E-state index is 12.9. The molecule has 0 bridgehead atoms. The van der Waals surface area contributed by atoms with Gasteiger partial charge in [-0.2, -0.15) is 0 Å². The highest BCUT2D eigenvalue weighted by Crippen LogP contribution is 2.42. The number of ether oxygens (including phenoxy) is 1. The molecule has 2 heterocycles. The van der Waals surface area contributed by atoms with Crippen LogP contribution in [0.15, 0.2) is 65.2 Å². The summed E-state index contributed by atoms with van der Waals surface area (Å²) in [5.41, 5.74) is 2.77. The lowest BCUT2D eigenvalue weighted by Crippen LogP contribution is -2.34. The molecular weight excluding hydrogens is 352 g/mol. The first-order valence-electron chi connectivity index (χ1n) is 9.60. The van der Waals surface area contributed by atoms with E-state index < -0.39 is 5.60 Å². The van der Waals surface area contributed by atoms with E-state index in [9.17, 15) is 4.79 Å². The molecule has 5 heteroatoms. The summed E-state index contributed by atoms with van der Waals surface area (Å²) >= 11 is 0. The number of carbonyl (C=O) groups excluding carboxylic acids is 1. The van der Waals surface area contributed by atoms with Gasteiger partial charge in [-0.05, 0) is 37.8 Å². The molecule has 0 saturated heterocycles. The second-order valence-electron chi connectivity index (χ2n) is 7.26. The Balaban J connectivity index is 1.64. The fourth-order valence-corrected chi connectivity index (χ4v) is 3.77. The van der Waals surface area contributed by atoms with Crippen LogP contribution >= 0.6 is 0 Å². The van der Waals surface area contributed by atoms with Crippen molar-refractivity contribution in [3.63, 3.8) is 0 Å². The topological polar surface area (TPSA) is 55.6 Å². The molecule has 0 radical (unpaired) electrons. The van der Waals surface area contributed by atoms with E-state index >= 15 is 0 Å². The van der Waals surface area contributed by atoms with Crippen LogP contribution in [0, 0.1) is 6.92 Å². The molecule has 3 aromatic rings. The molecule has 0 aliphatic carbocycles. The highest BCUT2D eigenvalue weighted by molar-refractivity contribution is 5.96. The van der Waals surface area contributed by atoms with Gasteiger partial charge in [0.25, 0.3) is 5.91 Å². The molecule has 0 N–H and O–H groups in total. The van der Waals surface area contributed by atoms with Crippen molar-refractivity contribution in [2.75, 3.05) is 18.1 Å². The van der Waals surface area contributed by atoms with E-state index in [1.165, 1.54) is 5.56 Å². The quantitative estimate of drug-likeness (QED) is 0.668. The maximum Gasteiger partial charge on any atom is 0.253 e. The molecule has 0 spiro atoms. The third-order valence-electron chi connectivity index (χ3n) is 5.35. The second-order valence-corrected chi connectivity index (χ2v) is 7.26. The average molecular weight is 376 g/mol. The minimum atomic E-state index is -0.835. The van der Waals surface area contributed by atoms with Crippen LogP contribution < -0.4 is 4.90 Å². The van der Waals surface area contributed by atoms with Crippen LogP contribution in [0.2, 0.25) is 0 Å². The highest BCUT2D eigenvalue weighted by atomic mass is 16.5. The monoisotopic (exact) mass is 376 g/mol. The number of carbonyl (C=O) groups is 1. The minimum Gasteiger partial charge on any atom is -0.359 e. The molecule has 1 atom stereocenters. The van der Waals surface area contributed by atoms with Gasteiger partial charge in [-0.15, -0.1) is 0 Å². The Morgan fingerprint density at radius 2 is 1.75 bits per heavy atom. The SMILES string of the molecule is Cc1onc2c1N(CCCc1ccccc1)C(=O)COC2(C)c1ccccc1. The number of benzene rings is 2. The zero-order chi connectivity index (χ0) is 19.6. The molecule has 1 unspecified atom stereocenters. The highest BCUT2D eigenvalue weighted by Gasteiger charge is 2.42. The number of fused-ring (bicyclic) bond motifs is 1. The average Bonchev–Trinajstić information content (AvgIpc) is 3.07. The van der Waals surface area contributed by atoms with Crippen molar-refractivity contribution in [3.05, 3.63) is 83.2 Å². The van der Waals surface area contributed by atoms with Gasteiger partial charge >= 0.3 is 0 Å². The van der Waals surface area contributed by atoms with Crippen molar-refractivity contribution in [2.24, 2.45) is 0 Å². The number of amides is 1. The molecule has 2 aromatic carbocycles. The molecule has 1 amide bonds. The molecule has 0 fully saturated rings. The largest absolute Gasteiger partial charge is 0.359 e. The number of hydrogen-bond donors (Lipinski definition) is 0. The van der Waals surface area contributed by atoms with Gasteiger partial charge in [0, 0.05) is 6.54 Å². The van der Waals surface area contributed by atoms with Gasteiger partial charge in [0.15, 0.2) is 5.76 Å². The summed E-state index contributed by atoms with van der Waals surface area (Å²) in [7, 11) is 0. The Hall–Kier alpha value is -2.92. The van der Waals surface area contributed by atoms with Crippen LogP contribution in [0.25, 0.3) is 0 Å². The van der Waals surface area contributed by atoms with E-state index in [-0.39, 0.29) is 12.5 Å². The first-order valence-corrected chi connectivity index (χ1v) is 9.60. The molecule has 5 nitrogen and oxygen atoms in total. The Morgan fingerprint density at radius 1 is 1.07 bits per heavy atom. The molecule has 1 aliphatic heterocycles. The third kappa shape index (κ3) is 3.34. The van der Waals surface area contributed by atoms with Gasteiger partial charge in [-0.3, -0.25) is 4.79 Å². The van der Waals surface area contributed by atoms with E-state index in [4.69, 9.17) is 9.26 Å². The van der Waals surface area contributed by atoms with Crippen LogP contribution in [-0.4, -0.2) is 24.2 Å². The number of aromatic nitrogens is 1. The zero-order valence-electron chi connectivity index (χ0n) is 16.2. The summed E-state index contributed by atoms with van der Waals surface area (Å²) in [4.78, 5) is 14.7. The van der Waals surface area contributed by atoms with E-state index in [1.807, 2.05) is 62.4 Å². The molecule has 1 aromatic heterocycles. The first-order chi connectivity index (χ1) is 13.6. The Morgan fingerprint density at radius 3 is 2.46 bits per heavy atom. The summed E-state index contributed by atoms with van der Waals surface area (Å²) in [6.45, 7) is 4.40. The van der Waals surface area contributed by atoms with Crippen LogP contribution in [0.1, 0.15) is 35.9 Å². The summed E-state index contributed by atoms with van der Waals surface area (Å²) in [6, 6.07) is 20.2. The lowest BCUT2D eigenvalue weighted by molar-refractivity contribution is -0.127. The maximum absolute atomic E-state index is 12.9. The molecule has 144 valence electrons. The van der Waals surface area contributed by atoms with Gasteiger partial charge < -0.3 is 14.2 Å². The molecule has 0 saturated carbocycles. The minimum absolute atomic E-state index is 0.00648. The Kier molecular flexibility index (Phi) is 5.01. The van der Waals surface area contributed by atoms with Crippen molar-refractivity contribution >= 4 is 11.6 Å². The third-order valence-corrected chi connectivity index (χ3v) is 5.35. The molecule has 1 aliphatic rings. The van der Waals surface area contributed by atoms with Crippen molar-refractivity contribution in [1.82, 2.24) is 5.16 Å². The van der Waals surface area contributed by atoms with Crippen LogP contribution in [-0.2, 0) is 21.6 Å².